The Morgan fingerprint density at radius 3 is 2.36 bits per heavy atom. The summed E-state index contributed by atoms with van der Waals surface area (Å²) in [6.45, 7) is 0. The number of amides is 2. The number of hydrogen-bond acceptors (Lipinski definition) is 3. The van der Waals surface area contributed by atoms with E-state index < -0.39 is 6.04 Å². The Balaban J connectivity index is 1.82. The fourth-order valence-corrected chi connectivity index (χ4v) is 2.79. The minimum absolute atomic E-state index is 0.0951. The van der Waals surface area contributed by atoms with Crippen LogP contribution in [0.5, 0.6) is 0 Å². The summed E-state index contributed by atoms with van der Waals surface area (Å²) in [5.74, 6) is -0.556. The van der Waals surface area contributed by atoms with E-state index in [2.05, 4.69) is 5.32 Å². The van der Waals surface area contributed by atoms with Crippen molar-refractivity contribution in [1.29, 1.82) is 0 Å². The molecule has 0 aromatic heterocycles. The van der Waals surface area contributed by atoms with E-state index >= 15 is 0 Å². The van der Waals surface area contributed by atoms with Crippen molar-refractivity contribution in [3.05, 3.63) is 58.6 Å². The van der Waals surface area contributed by atoms with Crippen LogP contribution in [-0.4, -0.2) is 17.9 Å². The number of carbonyl (C=O) groups is 2. The lowest BCUT2D eigenvalue weighted by atomic mass is 10.2. The first kappa shape index (κ1) is 14.9. The summed E-state index contributed by atoms with van der Waals surface area (Å²) in [6.07, 6.45) is 0.0951. The van der Waals surface area contributed by atoms with Crippen LogP contribution in [0, 0.1) is 0 Å². The van der Waals surface area contributed by atoms with E-state index in [1.807, 2.05) is 0 Å². The first-order valence-corrected chi connectivity index (χ1v) is 7.44. The van der Waals surface area contributed by atoms with Gasteiger partial charge in [-0.2, -0.15) is 0 Å². The Bertz CT molecular complexity index is 748. The Morgan fingerprint density at radius 2 is 1.68 bits per heavy atom. The van der Waals surface area contributed by atoms with E-state index in [-0.39, 0.29) is 18.2 Å². The van der Waals surface area contributed by atoms with Gasteiger partial charge in [0.25, 0.3) is 5.91 Å². The fraction of sp³-hybridized carbons (Fsp3) is 0.125. The quantitative estimate of drug-likeness (QED) is 0.870. The van der Waals surface area contributed by atoms with Crippen LogP contribution in [0.4, 0.5) is 11.4 Å². The highest BCUT2D eigenvalue weighted by Crippen LogP contribution is 2.27. The van der Waals surface area contributed by atoms with Gasteiger partial charge in [0.15, 0.2) is 0 Å². The molecule has 6 heteroatoms. The number of nitrogens with one attached hydrogen (secondary N) is 1. The average Bonchev–Trinajstić information content (AvgIpc) is 2.73. The van der Waals surface area contributed by atoms with Crippen LogP contribution in [0.3, 0.4) is 0 Å². The third kappa shape index (κ3) is 2.93. The molecule has 2 aromatic rings. The van der Waals surface area contributed by atoms with Crippen molar-refractivity contribution in [2.75, 3.05) is 10.2 Å². The summed E-state index contributed by atoms with van der Waals surface area (Å²) < 4.78 is 0. The maximum absolute atomic E-state index is 12.5. The lowest BCUT2D eigenvalue weighted by Gasteiger charge is -2.16. The molecule has 1 atom stereocenters. The molecular weight excluding hydrogens is 323 g/mol. The van der Waals surface area contributed by atoms with Crippen LogP contribution in [0.15, 0.2) is 48.5 Å². The zero-order chi connectivity index (χ0) is 15.7. The van der Waals surface area contributed by atoms with E-state index in [0.717, 1.165) is 4.90 Å². The number of rotatable bonds is 3. The summed E-state index contributed by atoms with van der Waals surface area (Å²) in [7, 11) is 0. The molecule has 1 aliphatic heterocycles. The third-order valence-corrected chi connectivity index (χ3v) is 3.85. The topological polar surface area (TPSA) is 49.4 Å². The molecule has 0 saturated carbocycles. The molecule has 2 amide bonds. The monoisotopic (exact) mass is 334 g/mol. The standard InChI is InChI=1S/C16H12Cl2N2O2/c17-10-3-1-5-12(7-10)19-14-9-15(21)20(16(14)22)13-6-2-4-11(18)8-13/h1-8,14,19H,9H2. The van der Waals surface area contributed by atoms with Crippen molar-refractivity contribution in [2.24, 2.45) is 0 Å². The fourth-order valence-electron chi connectivity index (χ4n) is 2.41. The largest absolute Gasteiger partial charge is 0.373 e. The summed E-state index contributed by atoms with van der Waals surface area (Å²) in [5.41, 5.74) is 1.18. The van der Waals surface area contributed by atoms with Crippen molar-refractivity contribution >= 4 is 46.4 Å². The molecule has 0 radical (unpaired) electrons. The molecule has 3 rings (SSSR count). The maximum Gasteiger partial charge on any atom is 0.256 e. The van der Waals surface area contributed by atoms with Gasteiger partial charge in [-0.25, -0.2) is 4.90 Å². The van der Waals surface area contributed by atoms with E-state index in [9.17, 15) is 9.59 Å². The van der Waals surface area contributed by atoms with Gasteiger partial charge in [0.05, 0.1) is 12.1 Å². The van der Waals surface area contributed by atoms with E-state index in [1.165, 1.54) is 0 Å². The van der Waals surface area contributed by atoms with Gasteiger partial charge >= 0.3 is 0 Å². The molecule has 1 fully saturated rings. The van der Waals surface area contributed by atoms with Crippen LogP contribution in [-0.2, 0) is 9.59 Å². The van der Waals surface area contributed by atoms with Crippen molar-refractivity contribution in [3.8, 4) is 0 Å². The number of carbonyl (C=O) groups excluding carboxylic acids is 2. The Kier molecular flexibility index (Phi) is 4.05. The molecule has 1 unspecified atom stereocenters. The molecule has 2 aromatic carbocycles. The zero-order valence-corrected chi connectivity index (χ0v) is 12.9. The normalized spacial score (nSPS) is 17.9. The SMILES string of the molecule is O=C1CC(Nc2cccc(Cl)c2)C(=O)N1c1cccc(Cl)c1. The molecule has 1 aliphatic rings. The van der Waals surface area contributed by atoms with E-state index in [4.69, 9.17) is 23.2 Å². The first-order chi connectivity index (χ1) is 10.5. The van der Waals surface area contributed by atoms with Gasteiger partial charge in [-0.05, 0) is 36.4 Å². The zero-order valence-electron chi connectivity index (χ0n) is 11.4. The number of hydrogen-bond donors (Lipinski definition) is 1. The highest BCUT2D eigenvalue weighted by molar-refractivity contribution is 6.31. The third-order valence-electron chi connectivity index (χ3n) is 3.38. The van der Waals surface area contributed by atoms with E-state index in [1.54, 1.807) is 48.5 Å². The highest BCUT2D eigenvalue weighted by atomic mass is 35.5. The van der Waals surface area contributed by atoms with Crippen molar-refractivity contribution in [3.63, 3.8) is 0 Å². The predicted octanol–water partition coefficient (Wildman–Crippen LogP) is 3.74. The van der Waals surface area contributed by atoms with Crippen LogP contribution < -0.4 is 10.2 Å². The highest BCUT2D eigenvalue weighted by Gasteiger charge is 2.39. The predicted molar refractivity (Wildman–Crippen MR) is 87.4 cm³/mol. The molecule has 112 valence electrons. The smallest absolute Gasteiger partial charge is 0.256 e. The molecule has 0 bridgehead atoms. The number of imide groups is 1. The number of halogens is 2. The van der Waals surface area contributed by atoms with Crippen molar-refractivity contribution in [2.45, 2.75) is 12.5 Å². The van der Waals surface area contributed by atoms with Crippen LogP contribution in [0.2, 0.25) is 10.0 Å². The maximum atomic E-state index is 12.5. The first-order valence-electron chi connectivity index (χ1n) is 6.69. The van der Waals surface area contributed by atoms with Gasteiger partial charge in [0.1, 0.15) is 6.04 Å². The second-order valence-electron chi connectivity index (χ2n) is 4.96. The van der Waals surface area contributed by atoms with Crippen LogP contribution >= 0.6 is 23.2 Å². The van der Waals surface area contributed by atoms with Gasteiger partial charge in [0.2, 0.25) is 5.91 Å². The average molecular weight is 335 g/mol. The molecule has 1 saturated heterocycles. The van der Waals surface area contributed by atoms with Crippen LogP contribution in [0.25, 0.3) is 0 Å². The summed E-state index contributed by atoms with van der Waals surface area (Å²) in [5, 5.41) is 4.09. The molecule has 22 heavy (non-hydrogen) atoms. The lowest BCUT2D eigenvalue weighted by molar-refractivity contribution is -0.121. The van der Waals surface area contributed by atoms with Gasteiger partial charge in [-0.3, -0.25) is 9.59 Å². The minimum atomic E-state index is -0.607. The molecule has 1 N–H and O–H groups in total. The molecule has 4 nitrogen and oxygen atoms in total. The second kappa shape index (κ2) is 5.99. The Morgan fingerprint density at radius 1 is 1.00 bits per heavy atom. The van der Waals surface area contributed by atoms with Crippen molar-refractivity contribution < 1.29 is 9.59 Å². The lowest BCUT2D eigenvalue weighted by Crippen LogP contribution is -2.34. The summed E-state index contributed by atoms with van der Waals surface area (Å²) >= 11 is 11.8. The van der Waals surface area contributed by atoms with Gasteiger partial charge in [-0.1, -0.05) is 35.3 Å². The molecular formula is C16H12Cl2N2O2. The summed E-state index contributed by atoms with van der Waals surface area (Å²) in [4.78, 5) is 25.8. The minimum Gasteiger partial charge on any atom is -0.373 e. The van der Waals surface area contributed by atoms with E-state index in [0.29, 0.717) is 21.4 Å². The van der Waals surface area contributed by atoms with Crippen LogP contribution in [0.1, 0.15) is 6.42 Å². The molecule has 0 aliphatic carbocycles. The van der Waals surface area contributed by atoms with Crippen molar-refractivity contribution in [1.82, 2.24) is 0 Å². The Labute approximate surface area is 137 Å². The number of anilines is 2. The Hall–Kier alpha value is -2.04. The van der Waals surface area contributed by atoms with Gasteiger partial charge in [-0.15, -0.1) is 0 Å². The summed E-state index contributed by atoms with van der Waals surface area (Å²) in [6, 6.07) is 13.1. The van der Waals surface area contributed by atoms with Gasteiger partial charge in [0, 0.05) is 15.7 Å². The molecule has 0 spiro atoms. The number of benzene rings is 2. The van der Waals surface area contributed by atoms with Gasteiger partial charge < -0.3 is 5.32 Å². The molecule has 1 heterocycles. The second-order valence-corrected chi connectivity index (χ2v) is 5.83. The number of nitrogens with zero attached hydrogens (tertiary/aromatic N) is 1.